The highest BCUT2D eigenvalue weighted by molar-refractivity contribution is 7.89. The SMILES string of the molecule is O=C(Nc1ccc2nc(C3CC3)sc2c1)C1CCN(S(=O)(=O)c2ccc3c(c2)CCC3)CC1. The van der Waals surface area contributed by atoms with E-state index in [1.54, 1.807) is 17.4 Å². The van der Waals surface area contributed by atoms with Gasteiger partial charge in [0.2, 0.25) is 15.9 Å². The van der Waals surface area contributed by atoms with Crippen LogP contribution in [0.3, 0.4) is 0 Å². The Morgan fingerprint density at radius 1 is 1.00 bits per heavy atom. The molecule has 1 amide bonds. The van der Waals surface area contributed by atoms with E-state index < -0.39 is 10.0 Å². The molecule has 2 fully saturated rings. The summed E-state index contributed by atoms with van der Waals surface area (Å²) in [6.07, 6.45) is 6.60. The minimum atomic E-state index is -3.52. The highest BCUT2D eigenvalue weighted by atomic mass is 32.2. The lowest BCUT2D eigenvalue weighted by Gasteiger charge is -2.30. The largest absolute Gasteiger partial charge is 0.326 e. The van der Waals surface area contributed by atoms with Crippen LogP contribution in [0.2, 0.25) is 0 Å². The molecule has 2 aliphatic carbocycles. The van der Waals surface area contributed by atoms with Crippen LogP contribution in [0, 0.1) is 5.92 Å². The van der Waals surface area contributed by atoms with E-state index in [4.69, 9.17) is 4.98 Å². The molecule has 172 valence electrons. The minimum absolute atomic E-state index is 0.0316. The van der Waals surface area contributed by atoms with Crippen molar-refractivity contribution in [1.29, 1.82) is 0 Å². The average molecular weight is 482 g/mol. The molecule has 0 unspecified atom stereocenters. The number of thiazole rings is 1. The normalized spacial score (nSPS) is 19.6. The Labute approximate surface area is 198 Å². The zero-order valence-electron chi connectivity index (χ0n) is 18.4. The second-order valence-corrected chi connectivity index (χ2v) is 12.5. The molecule has 1 N–H and O–H groups in total. The maximum atomic E-state index is 13.2. The summed E-state index contributed by atoms with van der Waals surface area (Å²) in [6.45, 7) is 0.742. The Morgan fingerprint density at radius 3 is 2.58 bits per heavy atom. The van der Waals surface area contributed by atoms with Gasteiger partial charge in [-0.15, -0.1) is 11.3 Å². The Balaban J connectivity index is 1.10. The monoisotopic (exact) mass is 481 g/mol. The molecule has 2 heterocycles. The second kappa shape index (κ2) is 8.18. The maximum Gasteiger partial charge on any atom is 0.243 e. The van der Waals surface area contributed by atoms with Crippen molar-refractivity contribution in [3.05, 3.63) is 52.5 Å². The first-order chi connectivity index (χ1) is 16.0. The van der Waals surface area contributed by atoms with Gasteiger partial charge in [0.05, 0.1) is 20.1 Å². The van der Waals surface area contributed by atoms with Crippen molar-refractivity contribution in [3.8, 4) is 0 Å². The number of piperidine rings is 1. The van der Waals surface area contributed by atoms with Gasteiger partial charge >= 0.3 is 0 Å². The first-order valence-electron chi connectivity index (χ1n) is 11.8. The summed E-state index contributed by atoms with van der Waals surface area (Å²) in [5.74, 6) is 0.408. The Morgan fingerprint density at radius 2 is 1.79 bits per heavy atom. The lowest BCUT2D eigenvalue weighted by molar-refractivity contribution is -0.120. The van der Waals surface area contributed by atoms with Crippen LogP contribution in [0.15, 0.2) is 41.3 Å². The van der Waals surface area contributed by atoms with E-state index in [1.165, 1.54) is 27.7 Å². The van der Waals surface area contributed by atoms with Crippen molar-refractivity contribution in [2.45, 2.75) is 55.8 Å². The number of anilines is 1. The van der Waals surface area contributed by atoms with E-state index in [-0.39, 0.29) is 11.8 Å². The number of hydrogen-bond donors (Lipinski definition) is 1. The van der Waals surface area contributed by atoms with E-state index in [1.807, 2.05) is 30.3 Å². The Kier molecular flexibility index (Phi) is 5.27. The van der Waals surface area contributed by atoms with Crippen LogP contribution in [0.25, 0.3) is 10.2 Å². The van der Waals surface area contributed by atoms with Gasteiger partial charge in [0.15, 0.2) is 0 Å². The standard InChI is InChI=1S/C25H27N3O3S2/c29-24(26-20-7-9-22-23(15-20)32-25(27-22)18-4-5-18)17-10-12-28(13-11-17)33(30,31)21-8-6-16-2-1-3-19(16)14-21/h6-9,14-15,17-18H,1-5,10-13H2,(H,26,29). The van der Waals surface area contributed by atoms with E-state index >= 15 is 0 Å². The van der Waals surface area contributed by atoms with Crippen molar-refractivity contribution in [1.82, 2.24) is 9.29 Å². The van der Waals surface area contributed by atoms with Gasteiger partial charge in [-0.2, -0.15) is 4.31 Å². The second-order valence-electron chi connectivity index (χ2n) is 9.46. The van der Waals surface area contributed by atoms with Gasteiger partial charge in [-0.25, -0.2) is 13.4 Å². The lowest BCUT2D eigenvalue weighted by atomic mass is 9.97. The zero-order chi connectivity index (χ0) is 22.6. The van der Waals surface area contributed by atoms with Crippen LogP contribution in [0.4, 0.5) is 5.69 Å². The number of nitrogens with one attached hydrogen (secondary N) is 1. The Bertz CT molecular complexity index is 1340. The molecule has 1 saturated carbocycles. The summed E-state index contributed by atoms with van der Waals surface area (Å²) < 4.78 is 28.9. The van der Waals surface area contributed by atoms with E-state index in [0.29, 0.717) is 36.7 Å². The summed E-state index contributed by atoms with van der Waals surface area (Å²) in [5.41, 5.74) is 4.20. The fraction of sp³-hybridized carbons (Fsp3) is 0.440. The number of carbonyl (C=O) groups is 1. The molecule has 8 heteroatoms. The van der Waals surface area contributed by atoms with Gasteiger partial charge in [-0.1, -0.05) is 6.07 Å². The van der Waals surface area contributed by atoms with Crippen molar-refractivity contribution < 1.29 is 13.2 Å². The van der Waals surface area contributed by atoms with Crippen LogP contribution >= 0.6 is 11.3 Å². The molecule has 6 nitrogen and oxygen atoms in total. The van der Waals surface area contributed by atoms with Crippen LogP contribution in [-0.2, 0) is 27.7 Å². The smallest absolute Gasteiger partial charge is 0.243 e. The summed E-state index contributed by atoms with van der Waals surface area (Å²) >= 11 is 1.72. The quantitative estimate of drug-likeness (QED) is 0.573. The van der Waals surface area contributed by atoms with Gasteiger partial charge in [-0.05, 0) is 86.4 Å². The predicted octanol–water partition coefficient (Wildman–Crippen LogP) is 4.70. The van der Waals surface area contributed by atoms with Crippen LogP contribution < -0.4 is 5.32 Å². The molecule has 0 atom stereocenters. The number of rotatable bonds is 5. The zero-order valence-corrected chi connectivity index (χ0v) is 20.1. The van der Waals surface area contributed by atoms with Crippen molar-refractivity contribution in [3.63, 3.8) is 0 Å². The molecule has 6 rings (SSSR count). The number of hydrogen-bond acceptors (Lipinski definition) is 5. The number of nitrogens with zero attached hydrogens (tertiary/aromatic N) is 2. The topological polar surface area (TPSA) is 79.4 Å². The summed E-state index contributed by atoms with van der Waals surface area (Å²) in [5, 5.41) is 4.24. The molecule has 3 aromatic rings. The lowest BCUT2D eigenvalue weighted by Crippen LogP contribution is -2.41. The average Bonchev–Trinajstić information content (AvgIpc) is 3.41. The first-order valence-corrected chi connectivity index (χ1v) is 14.1. The number of carbonyl (C=O) groups excluding carboxylic acids is 1. The molecule has 0 spiro atoms. The Hall–Kier alpha value is -2.29. The number of amides is 1. The highest BCUT2D eigenvalue weighted by Crippen LogP contribution is 2.43. The van der Waals surface area contributed by atoms with E-state index in [9.17, 15) is 13.2 Å². The predicted molar refractivity (Wildman–Crippen MR) is 130 cm³/mol. The number of aromatic nitrogens is 1. The molecular weight excluding hydrogens is 454 g/mol. The summed E-state index contributed by atoms with van der Waals surface area (Å²) in [7, 11) is -3.52. The fourth-order valence-electron chi connectivity index (χ4n) is 4.99. The molecule has 0 radical (unpaired) electrons. The minimum Gasteiger partial charge on any atom is -0.326 e. The number of benzene rings is 2. The molecule has 1 aliphatic heterocycles. The van der Waals surface area contributed by atoms with Crippen LogP contribution in [-0.4, -0.2) is 36.7 Å². The van der Waals surface area contributed by atoms with Crippen molar-refractivity contribution >= 4 is 43.2 Å². The van der Waals surface area contributed by atoms with Crippen LogP contribution in [0.5, 0.6) is 0 Å². The molecule has 0 bridgehead atoms. The first kappa shape index (κ1) is 21.3. The molecule has 3 aliphatic rings. The van der Waals surface area contributed by atoms with Gasteiger partial charge in [0, 0.05) is 30.6 Å². The molecule has 1 saturated heterocycles. The molecule has 1 aromatic heterocycles. The number of sulfonamides is 1. The van der Waals surface area contributed by atoms with Crippen molar-refractivity contribution in [2.75, 3.05) is 18.4 Å². The van der Waals surface area contributed by atoms with Gasteiger partial charge < -0.3 is 5.32 Å². The van der Waals surface area contributed by atoms with Gasteiger partial charge in [0.25, 0.3) is 0 Å². The number of aryl methyl sites for hydroxylation is 2. The van der Waals surface area contributed by atoms with Crippen molar-refractivity contribution in [2.24, 2.45) is 5.92 Å². The summed E-state index contributed by atoms with van der Waals surface area (Å²) in [6, 6.07) is 11.4. The number of fused-ring (bicyclic) bond motifs is 2. The third-order valence-electron chi connectivity index (χ3n) is 7.13. The highest BCUT2D eigenvalue weighted by Gasteiger charge is 2.33. The van der Waals surface area contributed by atoms with Crippen LogP contribution in [0.1, 0.15) is 54.2 Å². The van der Waals surface area contributed by atoms with Gasteiger partial charge in [-0.3, -0.25) is 4.79 Å². The van der Waals surface area contributed by atoms with E-state index in [0.717, 1.165) is 40.7 Å². The fourth-order valence-corrected chi connectivity index (χ4v) is 7.68. The third-order valence-corrected chi connectivity index (χ3v) is 10.2. The molecule has 2 aromatic carbocycles. The third kappa shape index (κ3) is 4.09. The van der Waals surface area contributed by atoms with Gasteiger partial charge in [0.1, 0.15) is 0 Å². The molecular formula is C25H27N3O3S2. The maximum absolute atomic E-state index is 13.2. The molecule has 33 heavy (non-hydrogen) atoms. The van der Waals surface area contributed by atoms with E-state index in [2.05, 4.69) is 5.32 Å². The summed E-state index contributed by atoms with van der Waals surface area (Å²) in [4.78, 5) is 18.0.